The zero-order chi connectivity index (χ0) is 20.1. The van der Waals surface area contributed by atoms with Crippen LogP contribution in [0.3, 0.4) is 0 Å². The number of nitrogens with one attached hydrogen (secondary N) is 1. The maximum absolute atomic E-state index is 12.5. The Morgan fingerprint density at radius 3 is 2.36 bits per heavy atom. The molecule has 0 bridgehead atoms. The number of hydrogen-bond donors (Lipinski definition) is 1. The van der Waals surface area contributed by atoms with Gasteiger partial charge in [-0.2, -0.15) is 0 Å². The molecular formula is C22H24N2O3S. The fraction of sp³-hybridized carbons (Fsp3) is 0.273. The van der Waals surface area contributed by atoms with Crippen LogP contribution in [0.4, 0.5) is 0 Å². The highest BCUT2D eigenvalue weighted by molar-refractivity contribution is 7.99. The number of rotatable bonds is 7. The average Bonchev–Trinajstić information content (AvgIpc) is 2.64. The number of nitrogens with zero attached hydrogens (tertiary/aromatic N) is 1. The first-order valence-corrected chi connectivity index (χ1v) is 10.1. The fourth-order valence-electron chi connectivity index (χ4n) is 3.04. The van der Waals surface area contributed by atoms with Crippen molar-refractivity contribution in [2.24, 2.45) is 0 Å². The summed E-state index contributed by atoms with van der Waals surface area (Å²) in [6.07, 6.45) is 1.36. The summed E-state index contributed by atoms with van der Waals surface area (Å²) in [6, 6.07) is 15.8. The van der Waals surface area contributed by atoms with Crippen LogP contribution in [0.25, 0.3) is 0 Å². The van der Waals surface area contributed by atoms with Crippen LogP contribution in [0, 0.1) is 13.8 Å². The molecule has 0 atom stereocenters. The monoisotopic (exact) mass is 396 g/mol. The Balaban J connectivity index is 2.05. The highest BCUT2D eigenvalue weighted by Gasteiger charge is 2.17. The second-order valence-corrected chi connectivity index (χ2v) is 7.83. The number of aryl methyl sites for hydroxylation is 2. The lowest BCUT2D eigenvalue weighted by Crippen LogP contribution is -2.37. The van der Waals surface area contributed by atoms with E-state index in [2.05, 4.69) is 11.1 Å². The molecule has 0 saturated carbocycles. The molecule has 5 nitrogen and oxygen atoms in total. The summed E-state index contributed by atoms with van der Waals surface area (Å²) in [5.74, 6) is 0. The standard InChI is InChI=1S/C22H24N2O3S/c1-4-8-19-20(25)23-22(26)24(27-14-17-9-6-5-7-10-17)21(19)28-18-12-15(2)11-16(3)13-18/h5-7,9-13H,4,8,14H2,1-3H3,(H,23,25,26). The molecule has 1 N–H and O–H groups in total. The van der Waals surface area contributed by atoms with Crippen LogP contribution >= 0.6 is 11.8 Å². The molecule has 0 radical (unpaired) electrons. The number of aromatic amines is 1. The van der Waals surface area contributed by atoms with Crippen molar-refractivity contribution in [1.82, 2.24) is 9.71 Å². The molecule has 6 heteroatoms. The fourth-order valence-corrected chi connectivity index (χ4v) is 4.29. The number of aromatic nitrogens is 2. The molecule has 0 aliphatic heterocycles. The Bertz CT molecular complexity index is 1050. The van der Waals surface area contributed by atoms with Gasteiger partial charge in [0.15, 0.2) is 0 Å². The van der Waals surface area contributed by atoms with Crippen molar-refractivity contribution >= 4 is 11.8 Å². The predicted octanol–water partition coefficient (Wildman–Crippen LogP) is 3.89. The molecule has 0 aliphatic rings. The van der Waals surface area contributed by atoms with Gasteiger partial charge in [-0.15, -0.1) is 4.73 Å². The molecule has 146 valence electrons. The second kappa shape index (κ2) is 8.97. The van der Waals surface area contributed by atoms with Crippen LogP contribution in [-0.2, 0) is 13.0 Å². The first-order chi connectivity index (χ1) is 13.5. The molecule has 0 aliphatic carbocycles. The minimum atomic E-state index is -0.562. The highest BCUT2D eigenvalue weighted by atomic mass is 32.2. The van der Waals surface area contributed by atoms with Crippen LogP contribution in [-0.4, -0.2) is 9.71 Å². The number of hydrogen-bond acceptors (Lipinski definition) is 4. The van der Waals surface area contributed by atoms with E-state index in [-0.39, 0.29) is 12.2 Å². The molecule has 0 saturated heterocycles. The summed E-state index contributed by atoms with van der Waals surface area (Å²) in [5, 5.41) is 0.538. The van der Waals surface area contributed by atoms with Gasteiger partial charge in [0, 0.05) is 4.90 Å². The van der Waals surface area contributed by atoms with E-state index < -0.39 is 5.69 Å². The van der Waals surface area contributed by atoms with Gasteiger partial charge in [0.1, 0.15) is 11.6 Å². The summed E-state index contributed by atoms with van der Waals surface area (Å²) >= 11 is 1.39. The lowest BCUT2D eigenvalue weighted by molar-refractivity contribution is 0.0663. The second-order valence-electron chi connectivity index (χ2n) is 6.77. The van der Waals surface area contributed by atoms with Crippen molar-refractivity contribution in [3.8, 4) is 0 Å². The lowest BCUT2D eigenvalue weighted by atomic mass is 10.2. The summed E-state index contributed by atoms with van der Waals surface area (Å²) in [6.45, 7) is 6.30. The molecule has 0 fully saturated rings. The maximum atomic E-state index is 12.5. The van der Waals surface area contributed by atoms with Crippen molar-refractivity contribution < 1.29 is 4.84 Å². The third-order valence-corrected chi connectivity index (χ3v) is 5.31. The third-order valence-electron chi connectivity index (χ3n) is 4.23. The zero-order valence-electron chi connectivity index (χ0n) is 16.3. The lowest BCUT2D eigenvalue weighted by Gasteiger charge is -2.16. The normalized spacial score (nSPS) is 10.8. The van der Waals surface area contributed by atoms with Crippen molar-refractivity contribution in [3.05, 3.63) is 91.6 Å². The summed E-state index contributed by atoms with van der Waals surface area (Å²) in [7, 11) is 0. The van der Waals surface area contributed by atoms with E-state index in [4.69, 9.17) is 4.84 Å². The van der Waals surface area contributed by atoms with E-state index in [1.165, 1.54) is 16.5 Å². The predicted molar refractivity (Wildman–Crippen MR) is 112 cm³/mol. The van der Waals surface area contributed by atoms with E-state index in [0.717, 1.165) is 28.0 Å². The Morgan fingerprint density at radius 1 is 1.04 bits per heavy atom. The van der Waals surface area contributed by atoms with Crippen molar-refractivity contribution in [1.29, 1.82) is 0 Å². The van der Waals surface area contributed by atoms with Gasteiger partial charge in [0.05, 0.1) is 5.56 Å². The van der Waals surface area contributed by atoms with E-state index >= 15 is 0 Å². The van der Waals surface area contributed by atoms with E-state index in [0.29, 0.717) is 17.0 Å². The largest absolute Gasteiger partial charge is 0.404 e. The molecule has 3 aromatic rings. The minimum absolute atomic E-state index is 0.235. The molecule has 2 aromatic carbocycles. The van der Waals surface area contributed by atoms with Crippen molar-refractivity contribution in [3.63, 3.8) is 0 Å². The Labute approximate surface area is 168 Å². The topological polar surface area (TPSA) is 64.1 Å². The van der Waals surface area contributed by atoms with Gasteiger partial charge in [-0.1, -0.05) is 61.5 Å². The van der Waals surface area contributed by atoms with Gasteiger partial charge in [0.2, 0.25) is 0 Å². The molecule has 1 heterocycles. The Morgan fingerprint density at radius 2 is 1.71 bits per heavy atom. The zero-order valence-corrected chi connectivity index (χ0v) is 17.1. The summed E-state index contributed by atoms with van der Waals surface area (Å²) in [5.41, 5.74) is 2.86. The molecule has 0 amide bonds. The first-order valence-electron chi connectivity index (χ1n) is 9.29. The molecule has 28 heavy (non-hydrogen) atoms. The van der Waals surface area contributed by atoms with Gasteiger partial charge in [0.25, 0.3) is 5.56 Å². The van der Waals surface area contributed by atoms with Crippen LogP contribution in [0.2, 0.25) is 0 Å². The Hall–Kier alpha value is -2.73. The number of H-pyrrole nitrogens is 1. The maximum Gasteiger partial charge on any atom is 0.362 e. The van der Waals surface area contributed by atoms with Gasteiger partial charge in [-0.3, -0.25) is 9.78 Å². The molecule has 0 spiro atoms. The van der Waals surface area contributed by atoms with E-state index in [1.807, 2.05) is 63.2 Å². The highest BCUT2D eigenvalue weighted by Crippen LogP contribution is 2.30. The van der Waals surface area contributed by atoms with Crippen molar-refractivity contribution in [2.75, 3.05) is 0 Å². The van der Waals surface area contributed by atoms with Gasteiger partial charge in [-0.05, 0) is 49.1 Å². The quantitative estimate of drug-likeness (QED) is 0.616. The van der Waals surface area contributed by atoms with Gasteiger partial charge in [-0.25, -0.2) is 4.79 Å². The molecular weight excluding hydrogens is 372 g/mol. The van der Waals surface area contributed by atoms with Crippen molar-refractivity contribution in [2.45, 2.75) is 50.1 Å². The summed E-state index contributed by atoms with van der Waals surface area (Å²) in [4.78, 5) is 34.2. The Kier molecular flexibility index (Phi) is 6.41. The van der Waals surface area contributed by atoms with Crippen LogP contribution in [0.1, 0.15) is 35.6 Å². The molecule has 3 rings (SSSR count). The first kappa shape index (κ1) is 20.0. The average molecular weight is 397 g/mol. The smallest absolute Gasteiger partial charge is 0.362 e. The van der Waals surface area contributed by atoms with Crippen LogP contribution < -0.4 is 16.1 Å². The van der Waals surface area contributed by atoms with Gasteiger partial charge >= 0.3 is 5.69 Å². The molecule has 1 aromatic heterocycles. The van der Waals surface area contributed by atoms with Crippen LogP contribution in [0.15, 0.2) is 68.0 Å². The summed E-state index contributed by atoms with van der Waals surface area (Å²) < 4.78 is 1.22. The van der Waals surface area contributed by atoms with E-state index in [9.17, 15) is 9.59 Å². The van der Waals surface area contributed by atoms with Crippen LogP contribution in [0.5, 0.6) is 0 Å². The minimum Gasteiger partial charge on any atom is -0.404 e. The van der Waals surface area contributed by atoms with E-state index in [1.54, 1.807) is 0 Å². The van der Waals surface area contributed by atoms with Gasteiger partial charge < -0.3 is 4.84 Å². The SMILES string of the molecule is CCCc1c(Sc2cc(C)cc(C)c2)n(OCc2ccccc2)c(=O)[nH]c1=O. The number of benzene rings is 2. The molecule has 0 unspecified atom stereocenters. The third kappa shape index (κ3) is 4.75.